The molecule has 11 heteroatoms. The predicted molar refractivity (Wildman–Crippen MR) is 119 cm³/mol. The Kier molecular flexibility index (Phi) is 6.54. The van der Waals surface area contributed by atoms with Crippen LogP contribution in [0, 0.1) is 17.2 Å². The Bertz CT molecular complexity index is 1060. The number of rotatable bonds is 7. The lowest BCUT2D eigenvalue weighted by atomic mass is 9.80. The summed E-state index contributed by atoms with van der Waals surface area (Å²) in [5.41, 5.74) is -2.55. The van der Waals surface area contributed by atoms with Gasteiger partial charge in [-0.15, -0.1) is 8.78 Å². The lowest BCUT2D eigenvalue weighted by Crippen LogP contribution is -2.38. The summed E-state index contributed by atoms with van der Waals surface area (Å²) in [6, 6.07) is 9.25. The van der Waals surface area contributed by atoms with Gasteiger partial charge in [-0.1, -0.05) is 0 Å². The van der Waals surface area contributed by atoms with E-state index in [9.17, 15) is 23.9 Å². The van der Waals surface area contributed by atoms with Crippen LogP contribution in [0.1, 0.15) is 29.6 Å². The van der Waals surface area contributed by atoms with Crippen molar-refractivity contribution in [3.63, 3.8) is 0 Å². The number of hydrogen-bond acceptors (Lipinski definition) is 7. The summed E-state index contributed by atoms with van der Waals surface area (Å²) in [5.74, 6) is -0.0815. The molecule has 4 rings (SSSR count). The van der Waals surface area contributed by atoms with Gasteiger partial charge < -0.3 is 25.4 Å². The number of aliphatic hydroxyl groups is 1. The Hall–Kier alpha value is -3.16. The van der Waals surface area contributed by atoms with Crippen LogP contribution in [0.15, 0.2) is 36.5 Å². The monoisotopic (exact) mass is 477 g/mol. The molecule has 8 nitrogen and oxygen atoms in total. The maximum Gasteiger partial charge on any atom is 0.487 e. The number of carbonyl (C=O) groups is 1. The van der Waals surface area contributed by atoms with Crippen LogP contribution in [-0.4, -0.2) is 46.8 Å². The summed E-state index contributed by atoms with van der Waals surface area (Å²) in [6.45, 7) is 1.08. The standard InChI is InChI=1S/C22H22ClF2N5O3/c23-22(24,25)33-17-4-2-15(3-5-17)28-21(32)14-9-19(29-18-6-1-13(18)10-26)20(27-11-14)30-8-7-16(31)12-30/h2-5,9,11,13,16,18,29,31H,1,6-8,12H2,(H,28,32). The molecule has 0 spiro atoms. The van der Waals surface area contributed by atoms with Crippen molar-refractivity contribution in [3.05, 3.63) is 42.1 Å². The number of nitrogens with one attached hydrogen (secondary N) is 2. The van der Waals surface area contributed by atoms with E-state index < -0.39 is 17.6 Å². The highest BCUT2D eigenvalue weighted by molar-refractivity contribution is 6.20. The summed E-state index contributed by atoms with van der Waals surface area (Å²) < 4.78 is 29.7. The number of nitrogens with zero attached hydrogens (tertiary/aromatic N) is 3. The number of amides is 1. The van der Waals surface area contributed by atoms with Crippen molar-refractivity contribution in [1.29, 1.82) is 5.26 Å². The van der Waals surface area contributed by atoms with Gasteiger partial charge >= 0.3 is 5.57 Å². The quantitative estimate of drug-likeness (QED) is 0.520. The molecule has 1 aromatic heterocycles. The second-order valence-electron chi connectivity index (χ2n) is 8.07. The number of β-amino-alcohol motifs (C(OH)–C–C–N with tert-alkyl or cyclic N) is 1. The first kappa shape index (κ1) is 23.0. The van der Waals surface area contributed by atoms with Gasteiger partial charge in [0.25, 0.3) is 5.91 Å². The molecular weight excluding hydrogens is 456 g/mol. The SMILES string of the molecule is N#CC1CCC1Nc1cc(C(=O)Nc2ccc(OC(F)(F)Cl)cc2)cnc1N1CCC(O)C1. The van der Waals surface area contributed by atoms with E-state index in [4.69, 9.17) is 11.6 Å². The first-order valence-electron chi connectivity index (χ1n) is 10.5. The van der Waals surface area contributed by atoms with E-state index in [1.54, 1.807) is 6.07 Å². The molecule has 3 N–H and O–H groups in total. The van der Waals surface area contributed by atoms with Crippen LogP contribution in [0.5, 0.6) is 5.75 Å². The predicted octanol–water partition coefficient (Wildman–Crippen LogP) is 3.79. The third-order valence-electron chi connectivity index (χ3n) is 5.72. The number of ether oxygens (including phenoxy) is 1. The normalized spacial score (nSPS) is 22.3. The summed E-state index contributed by atoms with van der Waals surface area (Å²) in [5, 5.41) is 25.2. The summed E-state index contributed by atoms with van der Waals surface area (Å²) in [6.07, 6.45) is 3.28. The van der Waals surface area contributed by atoms with Crippen LogP contribution in [0.2, 0.25) is 0 Å². The lowest BCUT2D eigenvalue weighted by Gasteiger charge is -2.34. The first-order valence-corrected chi connectivity index (χ1v) is 10.9. The van der Waals surface area contributed by atoms with Gasteiger partial charge in [-0.05, 0) is 49.6 Å². The molecule has 174 valence electrons. The maximum absolute atomic E-state index is 12.8. The topological polar surface area (TPSA) is 111 Å². The van der Waals surface area contributed by atoms with Crippen molar-refractivity contribution in [1.82, 2.24) is 4.98 Å². The van der Waals surface area contributed by atoms with E-state index in [2.05, 4.69) is 26.4 Å². The van der Waals surface area contributed by atoms with Gasteiger partial charge in [-0.25, -0.2) is 4.98 Å². The molecule has 1 aromatic carbocycles. The fourth-order valence-electron chi connectivity index (χ4n) is 3.84. The average Bonchev–Trinajstić information content (AvgIpc) is 3.18. The van der Waals surface area contributed by atoms with Gasteiger partial charge in [0, 0.05) is 42.6 Å². The number of carbonyl (C=O) groups excluding carboxylic acids is 1. The lowest BCUT2D eigenvalue weighted by molar-refractivity contribution is -0.0964. The number of aliphatic hydroxyl groups excluding tert-OH is 1. The second-order valence-corrected chi connectivity index (χ2v) is 8.51. The van der Waals surface area contributed by atoms with E-state index in [0.29, 0.717) is 36.7 Å². The highest BCUT2D eigenvalue weighted by Crippen LogP contribution is 2.34. The number of pyridine rings is 1. The van der Waals surface area contributed by atoms with E-state index in [0.717, 1.165) is 12.8 Å². The van der Waals surface area contributed by atoms with Crippen molar-refractivity contribution in [2.75, 3.05) is 28.6 Å². The molecule has 1 saturated heterocycles. The van der Waals surface area contributed by atoms with Crippen molar-refractivity contribution >= 4 is 34.7 Å². The van der Waals surface area contributed by atoms with Crippen molar-refractivity contribution < 1.29 is 23.4 Å². The summed E-state index contributed by atoms with van der Waals surface area (Å²) in [7, 11) is 0. The van der Waals surface area contributed by atoms with Crippen molar-refractivity contribution in [2.24, 2.45) is 5.92 Å². The highest BCUT2D eigenvalue weighted by Gasteiger charge is 2.33. The Morgan fingerprint density at radius 1 is 1.30 bits per heavy atom. The Morgan fingerprint density at radius 3 is 2.64 bits per heavy atom. The van der Waals surface area contributed by atoms with Crippen molar-refractivity contribution in [2.45, 2.75) is 37.0 Å². The van der Waals surface area contributed by atoms with Gasteiger partial charge in [0.15, 0.2) is 5.82 Å². The molecule has 3 unspecified atom stereocenters. The molecule has 1 aliphatic carbocycles. The number of hydrogen-bond donors (Lipinski definition) is 3. The maximum atomic E-state index is 12.8. The third-order valence-corrected chi connectivity index (χ3v) is 5.80. The van der Waals surface area contributed by atoms with E-state index in [-0.39, 0.29) is 23.3 Å². The van der Waals surface area contributed by atoms with Crippen LogP contribution in [0.4, 0.5) is 26.0 Å². The molecule has 33 heavy (non-hydrogen) atoms. The van der Waals surface area contributed by atoms with Gasteiger partial charge in [0.05, 0.1) is 29.3 Å². The molecule has 2 heterocycles. The molecule has 1 aliphatic heterocycles. The Morgan fingerprint density at radius 2 is 2.06 bits per heavy atom. The minimum absolute atomic E-state index is 0.0333. The van der Waals surface area contributed by atoms with Crippen LogP contribution in [0.25, 0.3) is 0 Å². The van der Waals surface area contributed by atoms with Gasteiger partial charge in [0.2, 0.25) is 0 Å². The molecule has 2 aliphatic rings. The number of benzene rings is 1. The minimum atomic E-state index is -3.82. The molecule has 2 aromatic rings. The van der Waals surface area contributed by atoms with Crippen LogP contribution in [0.3, 0.4) is 0 Å². The smallest absolute Gasteiger partial charge is 0.420 e. The van der Waals surface area contributed by atoms with E-state index in [1.807, 2.05) is 4.90 Å². The average molecular weight is 478 g/mol. The van der Waals surface area contributed by atoms with Crippen molar-refractivity contribution in [3.8, 4) is 11.8 Å². The van der Waals surface area contributed by atoms with Crippen LogP contribution >= 0.6 is 11.6 Å². The third kappa shape index (κ3) is 5.61. The van der Waals surface area contributed by atoms with E-state index in [1.165, 1.54) is 30.5 Å². The van der Waals surface area contributed by atoms with Gasteiger partial charge in [-0.3, -0.25) is 4.79 Å². The molecule has 0 bridgehead atoms. The molecule has 0 radical (unpaired) electrons. The zero-order valence-corrected chi connectivity index (χ0v) is 18.2. The molecule has 1 amide bonds. The fourth-order valence-corrected chi connectivity index (χ4v) is 3.93. The first-order chi connectivity index (χ1) is 15.7. The largest absolute Gasteiger partial charge is 0.487 e. The van der Waals surface area contributed by atoms with Gasteiger partial charge in [0.1, 0.15) is 5.75 Å². The number of nitriles is 1. The minimum Gasteiger partial charge on any atom is -0.420 e. The van der Waals surface area contributed by atoms with Crippen LogP contribution in [-0.2, 0) is 0 Å². The molecule has 3 atom stereocenters. The zero-order chi connectivity index (χ0) is 23.6. The van der Waals surface area contributed by atoms with E-state index >= 15 is 0 Å². The Balaban J connectivity index is 1.51. The number of aromatic nitrogens is 1. The number of halogens is 3. The number of alkyl halides is 3. The molecule has 2 fully saturated rings. The zero-order valence-electron chi connectivity index (χ0n) is 17.5. The highest BCUT2D eigenvalue weighted by atomic mass is 35.5. The second kappa shape index (κ2) is 9.37. The molecule has 1 saturated carbocycles. The summed E-state index contributed by atoms with van der Waals surface area (Å²) >= 11 is 4.75. The summed E-state index contributed by atoms with van der Waals surface area (Å²) in [4.78, 5) is 19.2. The van der Waals surface area contributed by atoms with Gasteiger partial charge in [-0.2, -0.15) is 5.26 Å². The molecular formula is C22H22ClF2N5O3. The number of anilines is 3. The fraction of sp³-hybridized carbons (Fsp3) is 0.409. The Labute approximate surface area is 194 Å². The van der Waals surface area contributed by atoms with Crippen LogP contribution < -0.4 is 20.3 Å².